The molecule has 18 heavy (non-hydrogen) atoms. The number of nitrogens with one attached hydrogen (secondary N) is 1. The van der Waals surface area contributed by atoms with Crippen molar-refractivity contribution in [2.45, 2.75) is 26.8 Å². The monoisotopic (exact) mass is 293 g/mol. The van der Waals surface area contributed by atoms with Crippen molar-refractivity contribution in [3.05, 3.63) is 22.7 Å². The van der Waals surface area contributed by atoms with Crippen LogP contribution in [0.3, 0.4) is 0 Å². The normalized spacial score (nSPS) is 9.78. The van der Waals surface area contributed by atoms with E-state index in [9.17, 15) is 0 Å². The quantitative estimate of drug-likeness (QED) is 0.778. The minimum Gasteiger partial charge on any atom is -0.491 e. The van der Waals surface area contributed by atoms with Crippen LogP contribution in [0.2, 0.25) is 5.02 Å². The molecule has 0 amide bonds. The zero-order chi connectivity index (χ0) is 12.7. The third kappa shape index (κ3) is 4.92. The maximum absolute atomic E-state index is 6.15. The Morgan fingerprint density at radius 2 is 2.00 bits per heavy atom. The predicted molar refractivity (Wildman–Crippen MR) is 78.4 cm³/mol. The molecule has 1 rings (SSSR count). The van der Waals surface area contributed by atoms with Crippen LogP contribution in [0.25, 0.3) is 0 Å². The topological polar surface area (TPSA) is 30.5 Å². The van der Waals surface area contributed by atoms with E-state index in [0.29, 0.717) is 23.1 Å². The van der Waals surface area contributed by atoms with Crippen LogP contribution in [0.5, 0.6) is 11.5 Å². The highest BCUT2D eigenvalue weighted by atomic mass is 35.5. The molecule has 1 aromatic rings. The molecular formula is C13H21Cl2NO2. The summed E-state index contributed by atoms with van der Waals surface area (Å²) in [4.78, 5) is 0. The fraction of sp³-hybridized carbons (Fsp3) is 0.538. The zero-order valence-electron chi connectivity index (χ0n) is 11.1. The minimum absolute atomic E-state index is 0. The highest BCUT2D eigenvalue weighted by Gasteiger charge is 2.11. The van der Waals surface area contributed by atoms with Gasteiger partial charge in [-0.05, 0) is 37.6 Å². The first-order valence-corrected chi connectivity index (χ1v) is 6.30. The van der Waals surface area contributed by atoms with E-state index in [2.05, 4.69) is 12.2 Å². The number of hydrogen-bond donors (Lipinski definition) is 1. The van der Waals surface area contributed by atoms with E-state index in [0.717, 1.165) is 25.1 Å². The highest BCUT2D eigenvalue weighted by molar-refractivity contribution is 6.32. The summed E-state index contributed by atoms with van der Waals surface area (Å²) in [6, 6.07) is 3.88. The fourth-order valence-electron chi connectivity index (χ4n) is 1.59. The lowest BCUT2D eigenvalue weighted by Crippen LogP contribution is -2.14. The summed E-state index contributed by atoms with van der Waals surface area (Å²) in [7, 11) is 1.60. The van der Waals surface area contributed by atoms with Crippen molar-refractivity contribution in [3.63, 3.8) is 0 Å². The second kappa shape index (κ2) is 9.31. The Morgan fingerprint density at radius 3 is 2.56 bits per heavy atom. The van der Waals surface area contributed by atoms with Gasteiger partial charge in [0.15, 0.2) is 11.5 Å². The van der Waals surface area contributed by atoms with Crippen LogP contribution in [0.1, 0.15) is 25.8 Å². The van der Waals surface area contributed by atoms with Crippen LogP contribution < -0.4 is 14.8 Å². The Bertz CT molecular complexity index is 359. The van der Waals surface area contributed by atoms with Gasteiger partial charge in [-0.2, -0.15) is 0 Å². The molecule has 0 aromatic heterocycles. The molecule has 0 saturated carbocycles. The van der Waals surface area contributed by atoms with E-state index < -0.39 is 0 Å². The first-order valence-electron chi connectivity index (χ1n) is 5.92. The van der Waals surface area contributed by atoms with Crippen LogP contribution in [-0.2, 0) is 6.54 Å². The summed E-state index contributed by atoms with van der Waals surface area (Å²) in [5.74, 6) is 1.31. The van der Waals surface area contributed by atoms with E-state index in [1.165, 1.54) is 0 Å². The van der Waals surface area contributed by atoms with Crippen molar-refractivity contribution in [1.82, 2.24) is 5.32 Å². The Labute approximate surface area is 120 Å². The lowest BCUT2D eigenvalue weighted by molar-refractivity contribution is 0.310. The fourth-order valence-corrected chi connectivity index (χ4v) is 1.90. The summed E-state index contributed by atoms with van der Waals surface area (Å²) >= 11 is 6.15. The molecular weight excluding hydrogens is 273 g/mol. The zero-order valence-corrected chi connectivity index (χ0v) is 12.7. The molecule has 0 bridgehead atoms. The minimum atomic E-state index is 0. The molecule has 0 spiro atoms. The van der Waals surface area contributed by atoms with E-state index in [1.807, 2.05) is 19.1 Å². The third-order valence-corrected chi connectivity index (χ3v) is 2.61. The molecule has 0 saturated heterocycles. The average molecular weight is 294 g/mol. The van der Waals surface area contributed by atoms with Crippen molar-refractivity contribution in [3.8, 4) is 11.5 Å². The van der Waals surface area contributed by atoms with Gasteiger partial charge in [0.25, 0.3) is 0 Å². The third-order valence-electron chi connectivity index (χ3n) is 2.33. The van der Waals surface area contributed by atoms with Crippen molar-refractivity contribution in [2.75, 3.05) is 20.3 Å². The van der Waals surface area contributed by atoms with Gasteiger partial charge in [0.2, 0.25) is 0 Å². The van der Waals surface area contributed by atoms with Crippen LogP contribution in [0.15, 0.2) is 12.1 Å². The van der Waals surface area contributed by atoms with Crippen LogP contribution >= 0.6 is 24.0 Å². The largest absolute Gasteiger partial charge is 0.491 e. The average Bonchev–Trinajstić information content (AvgIpc) is 2.30. The summed E-state index contributed by atoms with van der Waals surface area (Å²) in [6.07, 6.45) is 1.11. The molecule has 0 radical (unpaired) electrons. The molecule has 0 heterocycles. The van der Waals surface area contributed by atoms with Gasteiger partial charge in [0, 0.05) is 6.54 Å². The summed E-state index contributed by atoms with van der Waals surface area (Å²) < 4.78 is 10.8. The summed E-state index contributed by atoms with van der Waals surface area (Å²) in [5, 5.41) is 3.92. The molecule has 104 valence electrons. The van der Waals surface area contributed by atoms with E-state index in [-0.39, 0.29) is 12.4 Å². The second-order valence-electron chi connectivity index (χ2n) is 3.72. The van der Waals surface area contributed by atoms with Crippen molar-refractivity contribution in [1.29, 1.82) is 0 Å². The summed E-state index contributed by atoms with van der Waals surface area (Å²) in [6.45, 7) is 6.46. The standard InChI is InChI=1S/C13H20ClNO2.ClH/c1-4-6-15-9-10-7-11(14)13(16-3)12(8-10)17-5-2;/h7-8,15H,4-6,9H2,1-3H3;1H. The Hall–Kier alpha value is -0.640. The molecule has 0 fully saturated rings. The Kier molecular flexibility index (Phi) is 8.98. The number of methoxy groups -OCH3 is 1. The molecule has 5 heteroatoms. The molecule has 0 aliphatic heterocycles. The smallest absolute Gasteiger partial charge is 0.179 e. The first kappa shape index (κ1) is 17.4. The Morgan fingerprint density at radius 1 is 1.28 bits per heavy atom. The number of benzene rings is 1. The second-order valence-corrected chi connectivity index (χ2v) is 4.13. The van der Waals surface area contributed by atoms with Gasteiger partial charge >= 0.3 is 0 Å². The number of ether oxygens (including phenoxy) is 2. The molecule has 0 aliphatic carbocycles. The lowest BCUT2D eigenvalue weighted by atomic mass is 10.2. The SMILES string of the molecule is CCCNCc1cc(Cl)c(OC)c(OCC)c1.Cl. The van der Waals surface area contributed by atoms with Gasteiger partial charge < -0.3 is 14.8 Å². The van der Waals surface area contributed by atoms with Gasteiger partial charge in [-0.25, -0.2) is 0 Å². The first-order chi connectivity index (χ1) is 8.22. The summed E-state index contributed by atoms with van der Waals surface area (Å²) in [5.41, 5.74) is 1.10. The van der Waals surface area contributed by atoms with Crippen LogP contribution in [-0.4, -0.2) is 20.3 Å². The highest BCUT2D eigenvalue weighted by Crippen LogP contribution is 2.36. The molecule has 0 aliphatic rings. The van der Waals surface area contributed by atoms with Gasteiger partial charge in [0.05, 0.1) is 18.7 Å². The lowest BCUT2D eigenvalue weighted by Gasteiger charge is -2.13. The molecule has 1 aromatic carbocycles. The number of hydrogen-bond acceptors (Lipinski definition) is 3. The Balaban J connectivity index is 0.00000289. The van der Waals surface area contributed by atoms with Gasteiger partial charge in [-0.1, -0.05) is 18.5 Å². The number of halogens is 2. The van der Waals surface area contributed by atoms with E-state index in [4.69, 9.17) is 21.1 Å². The van der Waals surface area contributed by atoms with Crippen molar-refractivity contribution >= 4 is 24.0 Å². The van der Waals surface area contributed by atoms with E-state index in [1.54, 1.807) is 7.11 Å². The maximum Gasteiger partial charge on any atom is 0.179 e. The predicted octanol–water partition coefficient (Wildman–Crippen LogP) is 3.67. The van der Waals surface area contributed by atoms with Crippen molar-refractivity contribution in [2.24, 2.45) is 0 Å². The van der Waals surface area contributed by atoms with Gasteiger partial charge in [-0.3, -0.25) is 0 Å². The van der Waals surface area contributed by atoms with Crippen molar-refractivity contribution < 1.29 is 9.47 Å². The molecule has 3 nitrogen and oxygen atoms in total. The number of rotatable bonds is 7. The molecule has 0 atom stereocenters. The van der Waals surface area contributed by atoms with Gasteiger partial charge in [-0.15, -0.1) is 12.4 Å². The molecule has 1 N–H and O–H groups in total. The van der Waals surface area contributed by atoms with Gasteiger partial charge in [0.1, 0.15) is 0 Å². The maximum atomic E-state index is 6.15. The van der Waals surface area contributed by atoms with Crippen LogP contribution in [0.4, 0.5) is 0 Å². The van der Waals surface area contributed by atoms with Crippen LogP contribution in [0, 0.1) is 0 Å². The molecule has 0 unspecified atom stereocenters. The van der Waals surface area contributed by atoms with E-state index >= 15 is 0 Å².